The molecule has 0 spiro atoms. The molecule has 4 rings (SSSR count). The first-order valence-electron chi connectivity index (χ1n) is 10.4. The van der Waals surface area contributed by atoms with E-state index in [0.717, 1.165) is 11.4 Å². The number of aryl methyl sites for hydroxylation is 3. The van der Waals surface area contributed by atoms with Crippen molar-refractivity contribution < 1.29 is 0 Å². The molecule has 0 heterocycles. The quantitative estimate of drug-likeness (QED) is 0.342. The molecule has 0 aliphatic rings. The molecule has 0 aromatic heterocycles. The Morgan fingerprint density at radius 1 is 0.600 bits per heavy atom. The van der Waals surface area contributed by atoms with Crippen LogP contribution in [0.3, 0.4) is 0 Å². The molecule has 4 aromatic rings. The summed E-state index contributed by atoms with van der Waals surface area (Å²) in [7, 11) is 0. The molecule has 148 valence electrons. The molecule has 0 atom stereocenters. The Hall–Kier alpha value is -3.58. The van der Waals surface area contributed by atoms with Crippen LogP contribution in [0.5, 0.6) is 0 Å². The van der Waals surface area contributed by atoms with Gasteiger partial charge in [0, 0.05) is 11.4 Å². The first-order chi connectivity index (χ1) is 14.6. The second-order valence-electron chi connectivity index (χ2n) is 7.84. The lowest BCUT2D eigenvalue weighted by Crippen LogP contribution is -1.92. The van der Waals surface area contributed by atoms with Gasteiger partial charge in [0.15, 0.2) is 0 Å². The van der Waals surface area contributed by atoms with Crippen molar-refractivity contribution in [2.75, 3.05) is 5.32 Å². The van der Waals surface area contributed by atoms with Crippen molar-refractivity contribution in [1.29, 1.82) is 0 Å². The molecule has 0 bridgehead atoms. The van der Waals surface area contributed by atoms with Gasteiger partial charge in [0.05, 0.1) is 0 Å². The average Bonchev–Trinajstić information content (AvgIpc) is 2.77. The largest absolute Gasteiger partial charge is 0.356 e. The lowest BCUT2D eigenvalue weighted by atomic mass is 9.95. The topological polar surface area (TPSA) is 12.0 Å². The molecule has 4 aromatic carbocycles. The van der Waals surface area contributed by atoms with Crippen LogP contribution in [-0.4, -0.2) is 0 Å². The summed E-state index contributed by atoms with van der Waals surface area (Å²) >= 11 is 0. The Labute approximate surface area is 179 Å². The molecular formula is C29H27N. The fraction of sp³-hybridized carbons (Fsp3) is 0.103. The fourth-order valence-electron chi connectivity index (χ4n) is 3.50. The summed E-state index contributed by atoms with van der Waals surface area (Å²) in [5.41, 5.74) is 10.9. The first-order valence-corrected chi connectivity index (χ1v) is 10.4. The molecule has 0 unspecified atom stereocenters. The second-order valence-corrected chi connectivity index (χ2v) is 7.84. The monoisotopic (exact) mass is 389 g/mol. The van der Waals surface area contributed by atoms with E-state index < -0.39 is 0 Å². The highest BCUT2D eigenvalue weighted by molar-refractivity contribution is 5.91. The minimum atomic E-state index is 1.09. The zero-order valence-electron chi connectivity index (χ0n) is 17.8. The van der Waals surface area contributed by atoms with Crippen LogP contribution < -0.4 is 5.32 Å². The van der Waals surface area contributed by atoms with E-state index in [1.54, 1.807) is 0 Å². The van der Waals surface area contributed by atoms with Crippen molar-refractivity contribution in [1.82, 2.24) is 0 Å². The van der Waals surface area contributed by atoms with E-state index in [1.165, 1.54) is 39.0 Å². The molecule has 1 nitrogen and oxygen atoms in total. The number of rotatable bonds is 5. The summed E-state index contributed by atoms with van der Waals surface area (Å²) in [5, 5.41) is 3.50. The molecule has 0 aliphatic carbocycles. The third-order valence-electron chi connectivity index (χ3n) is 5.46. The van der Waals surface area contributed by atoms with Gasteiger partial charge in [-0.15, -0.1) is 0 Å². The van der Waals surface area contributed by atoms with Gasteiger partial charge in [-0.05, 0) is 84.5 Å². The van der Waals surface area contributed by atoms with Gasteiger partial charge in [-0.25, -0.2) is 0 Å². The van der Waals surface area contributed by atoms with Crippen LogP contribution in [-0.2, 0) is 0 Å². The minimum absolute atomic E-state index is 1.09. The molecule has 0 saturated carbocycles. The SMILES string of the molecule is Cc1ccc(C(=Cc2ccc(Nc3ccc(C)c(C)c3)cc2)c2ccccc2)cc1. The fourth-order valence-corrected chi connectivity index (χ4v) is 3.50. The van der Waals surface area contributed by atoms with Gasteiger partial charge >= 0.3 is 0 Å². The van der Waals surface area contributed by atoms with Gasteiger partial charge in [0.1, 0.15) is 0 Å². The van der Waals surface area contributed by atoms with Crippen LogP contribution in [0.15, 0.2) is 97.1 Å². The zero-order chi connectivity index (χ0) is 20.9. The third kappa shape index (κ3) is 4.69. The number of benzene rings is 4. The van der Waals surface area contributed by atoms with Crippen molar-refractivity contribution in [2.45, 2.75) is 20.8 Å². The van der Waals surface area contributed by atoms with Gasteiger partial charge < -0.3 is 5.32 Å². The standard InChI is InChI=1S/C29H27N/c1-21-9-14-26(15-10-21)29(25-7-5-4-6-8-25)20-24-12-17-27(18-13-24)30-28-16-11-22(2)23(3)19-28/h4-20,30H,1-3H3. The van der Waals surface area contributed by atoms with Crippen molar-refractivity contribution >= 4 is 23.0 Å². The smallest absolute Gasteiger partial charge is 0.0387 e. The van der Waals surface area contributed by atoms with Crippen molar-refractivity contribution in [2.24, 2.45) is 0 Å². The summed E-state index contributed by atoms with van der Waals surface area (Å²) < 4.78 is 0. The Balaban J connectivity index is 1.63. The van der Waals surface area contributed by atoms with Crippen molar-refractivity contribution in [3.05, 3.63) is 130 Å². The van der Waals surface area contributed by atoms with Crippen LogP contribution in [0.4, 0.5) is 11.4 Å². The van der Waals surface area contributed by atoms with Crippen LogP contribution in [0.25, 0.3) is 11.6 Å². The lowest BCUT2D eigenvalue weighted by molar-refractivity contribution is 1.34. The Morgan fingerprint density at radius 2 is 1.23 bits per heavy atom. The Kier molecular flexibility index (Phi) is 5.81. The van der Waals surface area contributed by atoms with Crippen molar-refractivity contribution in [3.63, 3.8) is 0 Å². The van der Waals surface area contributed by atoms with Gasteiger partial charge in [0.2, 0.25) is 0 Å². The molecule has 30 heavy (non-hydrogen) atoms. The molecule has 0 amide bonds. The highest BCUT2D eigenvalue weighted by atomic mass is 14.9. The average molecular weight is 390 g/mol. The second kappa shape index (κ2) is 8.84. The van der Waals surface area contributed by atoms with E-state index in [-0.39, 0.29) is 0 Å². The molecule has 0 fully saturated rings. The van der Waals surface area contributed by atoms with E-state index in [0.29, 0.717) is 0 Å². The third-order valence-corrected chi connectivity index (χ3v) is 5.46. The zero-order valence-corrected chi connectivity index (χ0v) is 17.8. The van der Waals surface area contributed by atoms with E-state index in [2.05, 4.69) is 129 Å². The summed E-state index contributed by atoms with van der Waals surface area (Å²) in [6.45, 7) is 6.40. The highest BCUT2D eigenvalue weighted by Gasteiger charge is 2.05. The highest BCUT2D eigenvalue weighted by Crippen LogP contribution is 2.27. The van der Waals surface area contributed by atoms with Gasteiger partial charge in [0.25, 0.3) is 0 Å². The first kappa shape index (κ1) is 19.7. The minimum Gasteiger partial charge on any atom is -0.356 e. The molecule has 0 saturated heterocycles. The normalized spacial score (nSPS) is 11.4. The number of hydrogen-bond donors (Lipinski definition) is 1. The molecule has 0 aliphatic heterocycles. The molecule has 0 radical (unpaired) electrons. The molecule has 1 N–H and O–H groups in total. The maximum Gasteiger partial charge on any atom is 0.0387 e. The van der Waals surface area contributed by atoms with Gasteiger partial charge in [-0.2, -0.15) is 0 Å². The maximum atomic E-state index is 3.50. The van der Waals surface area contributed by atoms with E-state index in [9.17, 15) is 0 Å². The van der Waals surface area contributed by atoms with Crippen LogP contribution >= 0.6 is 0 Å². The lowest BCUT2D eigenvalue weighted by Gasteiger charge is -2.11. The van der Waals surface area contributed by atoms with Gasteiger partial charge in [-0.1, -0.05) is 78.4 Å². The Bertz CT molecular complexity index is 1150. The van der Waals surface area contributed by atoms with Crippen molar-refractivity contribution in [3.8, 4) is 0 Å². The van der Waals surface area contributed by atoms with Crippen LogP contribution in [0.2, 0.25) is 0 Å². The molecular weight excluding hydrogens is 362 g/mol. The van der Waals surface area contributed by atoms with Gasteiger partial charge in [-0.3, -0.25) is 0 Å². The number of hydrogen-bond acceptors (Lipinski definition) is 1. The number of nitrogens with one attached hydrogen (secondary N) is 1. The predicted molar refractivity (Wildman–Crippen MR) is 130 cm³/mol. The van der Waals surface area contributed by atoms with E-state index in [4.69, 9.17) is 0 Å². The van der Waals surface area contributed by atoms with E-state index in [1.807, 2.05) is 0 Å². The molecule has 1 heteroatoms. The van der Waals surface area contributed by atoms with E-state index >= 15 is 0 Å². The maximum absolute atomic E-state index is 3.50. The number of anilines is 2. The summed E-state index contributed by atoms with van der Waals surface area (Å²) in [6.07, 6.45) is 2.26. The van der Waals surface area contributed by atoms with Crippen LogP contribution in [0, 0.1) is 20.8 Å². The summed E-state index contributed by atoms with van der Waals surface area (Å²) in [4.78, 5) is 0. The predicted octanol–water partition coefficient (Wildman–Crippen LogP) is 7.94. The Morgan fingerprint density at radius 3 is 1.90 bits per heavy atom. The summed E-state index contributed by atoms with van der Waals surface area (Å²) in [5.74, 6) is 0. The summed E-state index contributed by atoms with van der Waals surface area (Å²) in [6, 6.07) is 34.4. The van der Waals surface area contributed by atoms with Crippen LogP contribution in [0.1, 0.15) is 33.4 Å².